The number of ether oxygens (including phenoxy) is 2. The van der Waals surface area contributed by atoms with Crippen LogP contribution < -0.4 is 4.74 Å². The Morgan fingerprint density at radius 3 is 2.57 bits per heavy atom. The summed E-state index contributed by atoms with van der Waals surface area (Å²) in [6.45, 7) is 0. The lowest BCUT2D eigenvalue weighted by Gasteiger charge is -2.05. The average Bonchev–Trinajstić information content (AvgIpc) is 2.92. The van der Waals surface area contributed by atoms with Crippen molar-refractivity contribution >= 4 is 39.1 Å². The number of aromatic nitrogens is 1. The van der Waals surface area contributed by atoms with Crippen LogP contribution in [-0.2, 0) is 4.74 Å². The molecule has 0 N–H and O–H groups in total. The molecule has 0 aliphatic heterocycles. The summed E-state index contributed by atoms with van der Waals surface area (Å²) in [5, 5.41) is 0.985. The van der Waals surface area contributed by atoms with E-state index >= 15 is 0 Å². The summed E-state index contributed by atoms with van der Waals surface area (Å²) >= 11 is 7.10. The van der Waals surface area contributed by atoms with Crippen molar-refractivity contribution in [1.29, 1.82) is 0 Å². The van der Waals surface area contributed by atoms with E-state index in [4.69, 9.17) is 16.3 Å². The number of fused-ring (bicyclic) bond motifs is 1. The summed E-state index contributed by atoms with van der Waals surface area (Å²) < 4.78 is 11.3. The number of esters is 1. The predicted molar refractivity (Wildman–Crippen MR) is 82.5 cm³/mol. The van der Waals surface area contributed by atoms with Crippen LogP contribution in [-0.4, -0.2) is 18.1 Å². The molecule has 2 aromatic carbocycles. The van der Waals surface area contributed by atoms with Gasteiger partial charge in [-0.1, -0.05) is 11.6 Å². The van der Waals surface area contributed by atoms with Gasteiger partial charge in [0.15, 0.2) is 0 Å². The second-order valence-electron chi connectivity index (χ2n) is 4.20. The van der Waals surface area contributed by atoms with Gasteiger partial charge < -0.3 is 9.47 Å². The minimum absolute atomic E-state index is 0.330. The zero-order chi connectivity index (χ0) is 14.8. The van der Waals surface area contributed by atoms with Crippen molar-refractivity contribution in [1.82, 2.24) is 4.98 Å². The molecule has 21 heavy (non-hydrogen) atoms. The highest BCUT2D eigenvalue weighted by Crippen LogP contribution is 2.29. The van der Waals surface area contributed by atoms with Crippen molar-refractivity contribution in [2.75, 3.05) is 7.11 Å². The first-order chi connectivity index (χ1) is 10.2. The molecule has 0 spiro atoms. The summed E-state index contributed by atoms with van der Waals surface area (Å²) in [4.78, 5) is 15.7. The molecular formula is C15H10ClNO3S. The minimum Gasteiger partial charge on any atom is -0.464 e. The van der Waals surface area contributed by atoms with Gasteiger partial charge in [0.05, 0.1) is 17.3 Å². The molecule has 0 amide bonds. The number of carbonyl (C=O) groups excluding carboxylic acids is 1. The van der Waals surface area contributed by atoms with Crippen LogP contribution in [0.4, 0.5) is 0 Å². The molecule has 3 aromatic rings. The van der Waals surface area contributed by atoms with Crippen molar-refractivity contribution in [3.8, 4) is 11.5 Å². The topological polar surface area (TPSA) is 48.4 Å². The average molecular weight is 320 g/mol. The Morgan fingerprint density at radius 1 is 1.14 bits per heavy atom. The van der Waals surface area contributed by atoms with Crippen LogP contribution in [0.2, 0.25) is 5.02 Å². The third kappa shape index (κ3) is 2.99. The van der Waals surface area contributed by atoms with Gasteiger partial charge in [-0.05, 0) is 36.4 Å². The Bertz CT molecular complexity index is 798. The van der Waals surface area contributed by atoms with Crippen LogP contribution in [0.1, 0.15) is 9.80 Å². The largest absolute Gasteiger partial charge is 0.464 e. The molecule has 0 aliphatic carbocycles. The van der Waals surface area contributed by atoms with Crippen LogP contribution >= 0.6 is 22.9 Å². The zero-order valence-corrected chi connectivity index (χ0v) is 12.6. The van der Waals surface area contributed by atoms with Crippen molar-refractivity contribution < 1.29 is 14.3 Å². The van der Waals surface area contributed by atoms with Gasteiger partial charge in [0.1, 0.15) is 11.5 Å². The van der Waals surface area contributed by atoms with E-state index in [1.165, 1.54) is 18.4 Å². The molecule has 4 nitrogen and oxygen atoms in total. The van der Waals surface area contributed by atoms with Crippen LogP contribution in [0.5, 0.6) is 11.5 Å². The standard InChI is InChI=1S/C15H10ClNO3S/c1-19-15(18)14-17-12-7-6-11(8-13(12)21-14)20-10-4-2-9(16)3-5-10/h2-8H,1H3. The Balaban J connectivity index is 1.90. The highest BCUT2D eigenvalue weighted by molar-refractivity contribution is 7.20. The SMILES string of the molecule is COC(=O)c1nc2ccc(Oc3ccc(Cl)cc3)cc2s1. The molecule has 0 unspecified atom stereocenters. The molecule has 0 saturated carbocycles. The number of thiazole rings is 1. The predicted octanol–water partition coefficient (Wildman–Crippen LogP) is 4.53. The number of halogens is 1. The summed E-state index contributed by atoms with van der Waals surface area (Å²) in [6.07, 6.45) is 0. The van der Waals surface area contributed by atoms with Gasteiger partial charge in [-0.2, -0.15) is 0 Å². The molecule has 0 bridgehead atoms. The van der Waals surface area contributed by atoms with E-state index in [1.807, 2.05) is 12.1 Å². The highest BCUT2D eigenvalue weighted by Gasteiger charge is 2.12. The van der Waals surface area contributed by atoms with Gasteiger partial charge in [0.2, 0.25) is 5.01 Å². The van der Waals surface area contributed by atoms with Crippen molar-refractivity contribution in [3.05, 3.63) is 52.5 Å². The molecule has 0 saturated heterocycles. The van der Waals surface area contributed by atoms with Gasteiger partial charge in [-0.15, -0.1) is 11.3 Å². The quantitative estimate of drug-likeness (QED) is 0.665. The molecule has 1 heterocycles. The molecule has 0 fully saturated rings. The number of hydrogen-bond acceptors (Lipinski definition) is 5. The van der Waals surface area contributed by atoms with E-state index in [2.05, 4.69) is 9.72 Å². The van der Waals surface area contributed by atoms with Crippen LogP contribution in [0.15, 0.2) is 42.5 Å². The number of methoxy groups -OCH3 is 1. The number of hydrogen-bond donors (Lipinski definition) is 0. The maximum Gasteiger partial charge on any atom is 0.367 e. The molecule has 1 aromatic heterocycles. The van der Waals surface area contributed by atoms with E-state index in [9.17, 15) is 4.79 Å². The number of benzene rings is 2. The third-order valence-corrected chi connectivity index (χ3v) is 4.02. The summed E-state index contributed by atoms with van der Waals surface area (Å²) in [5.41, 5.74) is 0.740. The lowest BCUT2D eigenvalue weighted by Crippen LogP contribution is -1.99. The molecular weight excluding hydrogens is 310 g/mol. The van der Waals surface area contributed by atoms with Crippen molar-refractivity contribution in [2.45, 2.75) is 0 Å². The second-order valence-corrected chi connectivity index (χ2v) is 5.66. The number of carbonyl (C=O) groups is 1. The van der Waals surface area contributed by atoms with Gasteiger partial charge >= 0.3 is 5.97 Å². The number of rotatable bonds is 3. The monoisotopic (exact) mass is 319 g/mol. The normalized spacial score (nSPS) is 10.6. The lowest BCUT2D eigenvalue weighted by molar-refractivity contribution is 0.0600. The maximum atomic E-state index is 11.5. The van der Waals surface area contributed by atoms with E-state index in [0.29, 0.717) is 21.5 Å². The van der Waals surface area contributed by atoms with E-state index < -0.39 is 5.97 Å². The fourth-order valence-corrected chi connectivity index (χ4v) is 2.82. The van der Waals surface area contributed by atoms with Gasteiger partial charge in [-0.3, -0.25) is 0 Å². The lowest BCUT2D eigenvalue weighted by atomic mass is 10.3. The first kappa shape index (κ1) is 13.9. The Morgan fingerprint density at radius 2 is 1.86 bits per heavy atom. The highest BCUT2D eigenvalue weighted by atomic mass is 35.5. The molecule has 106 valence electrons. The smallest absolute Gasteiger partial charge is 0.367 e. The maximum absolute atomic E-state index is 11.5. The third-order valence-electron chi connectivity index (χ3n) is 2.77. The Labute approximate surface area is 129 Å². The minimum atomic E-state index is -0.434. The van der Waals surface area contributed by atoms with Gasteiger partial charge in [0.25, 0.3) is 0 Å². The van der Waals surface area contributed by atoms with Gasteiger partial charge in [0, 0.05) is 11.1 Å². The summed E-state index contributed by atoms with van der Waals surface area (Å²) in [5.74, 6) is 0.928. The fraction of sp³-hybridized carbons (Fsp3) is 0.0667. The van der Waals surface area contributed by atoms with Crippen LogP contribution in [0.3, 0.4) is 0 Å². The molecule has 0 atom stereocenters. The zero-order valence-electron chi connectivity index (χ0n) is 11.0. The summed E-state index contributed by atoms with van der Waals surface area (Å²) in [7, 11) is 1.34. The molecule has 0 radical (unpaired) electrons. The number of nitrogens with zero attached hydrogens (tertiary/aromatic N) is 1. The van der Waals surface area contributed by atoms with Crippen molar-refractivity contribution in [3.63, 3.8) is 0 Å². The molecule has 3 rings (SSSR count). The first-order valence-electron chi connectivity index (χ1n) is 6.08. The van der Waals surface area contributed by atoms with Gasteiger partial charge in [-0.25, -0.2) is 9.78 Å². The first-order valence-corrected chi connectivity index (χ1v) is 7.27. The second kappa shape index (κ2) is 5.71. The van der Waals surface area contributed by atoms with E-state index in [1.54, 1.807) is 30.3 Å². The van der Waals surface area contributed by atoms with Crippen molar-refractivity contribution in [2.24, 2.45) is 0 Å². The summed E-state index contributed by atoms with van der Waals surface area (Å²) in [6, 6.07) is 12.6. The Hall–Kier alpha value is -2.11. The molecule has 6 heteroatoms. The molecule has 0 aliphatic rings. The van der Waals surface area contributed by atoms with E-state index in [0.717, 1.165) is 10.2 Å². The fourth-order valence-electron chi connectivity index (χ4n) is 1.78. The Kier molecular flexibility index (Phi) is 3.77. The van der Waals surface area contributed by atoms with E-state index in [-0.39, 0.29) is 0 Å². The van der Waals surface area contributed by atoms with Crippen LogP contribution in [0.25, 0.3) is 10.2 Å². The van der Waals surface area contributed by atoms with Crippen LogP contribution in [0, 0.1) is 0 Å².